The van der Waals surface area contributed by atoms with Crippen molar-refractivity contribution in [3.05, 3.63) is 42.0 Å². The molecular formula is C14H17NO. The van der Waals surface area contributed by atoms with E-state index in [1.54, 1.807) is 6.08 Å². The van der Waals surface area contributed by atoms with E-state index in [-0.39, 0.29) is 0 Å². The number of hydrogen-bond acceptors (Lipinski definition) is 2. The van der Waals surface area contributed by atoms with Crippen molar-refractivity contribution in [3.63, 3.8) is 0 Å². The highest BCUT2D eigenvalue weighted by Crippen LogP contribution is 2.29. The molecule has 84 valence electrons. The lowest BCUT2D eigenvalue weighted by atomic mass is 9.89. The summed E-state index contributed by atoms with van der Waals surface area (Å²) >= 11 is 0. The van der Waals surface area contributed by atoms with E-state index >= 15 is 0 Å². The molecule has 0 N–H and O–H groups in total. The molecule has 0 radical (unpaired) electrons. The third-order valence-corrected chi connectivity index (χ3v) is 2.98. The zero-order valence-corrected chi connectivity index (χ0v) is 10.1. The maximum absolute atomic E-state index is 10.4. The Labute approximate surface area is 96.7 Å². The second-order valence-corrected chi connectivity index (χ2v) is 4.19. The lowest BCUT2D eigenvalue weighted by Crippen LogP contribution is -2.17. The van der Waals surface area contributed by atoms with E-state index in [1.165, 1.54) is 0 Å². The molecule has 0 aromatic heterocycles. The van der Waals surface area contributed by atoms with Crippen LogP contribution in [-0.2, 0) is 10.3 Å². The summed E-state index contributed by atoms with van der Waals surface area (Å²) < 4.78 is 0. The van der Waals surface area contributed by atoms with Gasteiger partial charge in [-0.05, 0) is 31.4 Å². The number of carbonyl (C=O) groups excluding carboxylic acids is 1. The predicted molar refractivity (Wildman–Crippen MR) is 66.9 cm³/mol. The summed E-state index contributed by atoms with van der Waals surface area (Å²) in [6.07, 6.45) is 2.43. The van der Waals surface area contributed by atoms with Gasteiger partial charge in [0.25, 0.3) is 0 Å². The van der Waals surface area contributed by atoms with E-state index in [4.69, 9.17) is 0 Å². The Balaban J connectivity index is 3.13. The fourth-order valence-corrected chi connectivity index (χ4v) is 1.56. The fourth-order valence-electron chi connectivity index (χ4n) is 1.56. The van der Waals surface area contributed by atoms with Crippen LogP contribution < -0.4 is 0 Å². The molecule has 1 rings (SSSR count). The quantitative estimate of drug-likeness (QED) is 0.556. The molecule has 0 aliphatic heterocycles. The van der Waals surface area contributed by atoms with Gasteiger partial charge in [-0.1, -0.05) is 43.3 Å². The summed E-state index contributed by atoms with van der Waals surface area (Å²) in [5.74, 6) is 0. The minimum absolute atomic E-state index is 0.463. The molecule has 0 fully saturated rings. The Bertz CT molecular complexity index is 427. The second kappa shape index (κ2) is 4.91. The first kappa shape index (κ1) is 12.4. The molecule has 0 aliphatic carbocycles. The normalized spacial score (nSPS) is 13.7. The van der Waals surface area contributed by atoms with Crippen molar-refractivity contribution in [3.8, 4) is 0 Å². The first-order chi connectivity index (χ1) is 7.53. The number of hydrogen-bond donors (Lipinski definition) is 0. The van der Waals surface area contributed by atoms with E-state index < -0.39 is 5.54 Å². The van der Waals surface area contributed by atoms with E-state index in [0.717, 1.165) is 23.1 Å². The average molecular weight is 215 g/mol. The Morgan fingerprint density at radius 2 is 2.00 bits per heavy atom. The highest BCUT2D eigenvalue weighted by molar-refractivity contribution is 5.61. The largest absolute Gasteiger partial charge is 0.235 e. The van der Waals surface area contributed by atoms with Crippen LogP contribution in [0.4, 0.5) is 0 Å². The highest BCUT2D eigenvalue weighted by atomic mass is 16.1. The van der Waals surface area contributed by atoms with Gasteiger partial charge in [-0.2, -0.15) is 4.99 Å². The summed E-state index contributed by atoms with van der Waals surface area (Å²) in [5, 5.41) is 0. The smallest absolute Gasteiger partial charge is 0.211 e. The molecule has 0 amide bonds. The number of benzene rings is 1. The Morgan fingerprint density at radius 1 is 1.44 bits per heavy atom. The van der Waals surface area contributed by atoms with Gasteiger partial charge in [0.15, 0.2) is 0 Å². The van der Waals surface area contributed by atoms with Gasteiger partial charge in [0.1, 0.15) is 0 Å². The van der Waals surface area contributed by atoms with Gasteiger partial charge in [-0.3, -0.25) is 0 Å². The molecular weight excluding hydrogens is 198 g/mol. The molecule has 0 saturated carbocycles. The monoisotopic (exact) mass is 215 g/mol. The molecule has 0 heterocycles. The minimum atomic E-state index is -0.463. The van der Waals surface area contributed by atoms with Crippen LogP contribution in [0.25, 0.3) is 5.57 Å². The third kappa shape index (κ3) is 2.47. The van der Waals surface area contributed by atoms with E-state index in [0.29, 0.717) is 0 Å². The van der Waals surface area contributed by atoms with Crippen molar-refractivity contribution in [1.29, 1.82) is 0 Å². The van der Waals surface area contributed by atoms with Crippen molar-refractivity contribution < 1.29 is 4.79 Å². The standard InChI is InChI=1S/C14H17NO/c1-5-14(4,15-10-16)13-8-6-12(7-9-13)11(2)3/h6-9H,2,5H2,1,3-4H3. The van der Waals surface area contributed by atoms with Crippen LogP contribution in [0.3, 0.4) is 0 Å². The first-order valence-electron chi connectivity index (χ1n) is 5.39. The molecule has 0 bridgehead atoms. The van der Waals surface area contributed by atoms with Crippen LogP contribution in [0.15, 0.2) is 35.8 Å². The number of isocyanates is 1. The van der Waals surface area contributed by atoms with Gasteiger partial charge in [-0.15, -0.1) is 0 Å². The summed E-state index contributed by atoms with van der Waals surface area (Å²) in [5.41, 5.74) is 2.71. The lowest BCUT2D eigenvalue weighted by molar-refractivity contribution is 0.469. The van der Waals surface area contributed by atoms with Gasteiger partial charge in [0.05, 0.1) is 5.54 Å². The highest BCUT2D eigenvalue weighted by Gasteiger charge is 2.23. The van der Waals surface area contributed by atoms with E-state index in [2.05, 4.69) is 11.6 Å². The Hall–Kier alpha value is -1.66. The van der Waals surface area contributed by atoms with Crippen LogP contribution in [0.1, 0.15) is 38.3 Å². The van der Waals surface area contributed by atoms with Gasteiger partial charge < -0.3 is 0 Å². The van der Waals surface area contributed by atoms with Crippen LogP contribution in [0.2, 0.25) is 0 Å². The van der Waals surface area contributed by atoms with Gasteiger partial charge in [0, 0.05) is 0 Å². The van der Waals surface area contributed by atoms with Crippen molar-refractivity contribution in [2.45, 2.75) is 32.7 Å². The first-order valence-corrected chi connectivity index (χ1v) is 5.39. The van der Waals surface area contributed by atoms with Crippen molar-refractivity contribution in [2.24, 2.45) is 4.99 Å². The molecule has 0 aliphatic rings. The molecule has 0 spiro atoms. The van der Waals surface area contributed by atoms with E-state index in [9.17, 15) is 4.79 Å². The van der Waals surface area contributed by atoms with Crippen LogP contribution in [-0.4, -0.2) is 6.08 Å². The molecule has 2 heteroatoms. The molecule has 1 aromatic carbocycles. The lowest BCUT2D eigenvalue weighted by Gasteiger charge is -2.22. The Morgan fingerprint density at radius 3 is 2.38 bits per heavy atom. The minimum Gasteiger partial charge on any atom is -0.211 e. The summed E-state index contributed by atoms with van der Waals surface area (Å²) in [6, 6.07) is 8.00. The van der Waals surface area contributed by atoms with Gasteiger partial charge in [0.2, 0.25) is 6.08 Å². The zero-order valence-electron chi connectivity index (χ0n) is 10.1. The average Bonchev–Trinajstić information content (AvgIpc) is 2.29. The van der Waals surface area contributed by atoms with Crippen molar-refractivity contribution in [1.82, 2.24) is 0 Å². The maximum atomic E-state index is 10.4. The second-order valence-electron chi connectivity index (χ2n) is 4.19. The zero-order chi connectivity index (χ0) is 12.2. The fraction of sp³-hybridized carbons (Fsp3) is 0.357. The van der Waals surface area contributed by atoms with Crippen LogP contribution in [0.5, 0.6) is 0 Å². The molecule has 16 heavy (non-hydrogen) atoms. The molecule has 2 nitrogen and oxygen atoms in total. The van der Waals surface area contributed by atoms with Gasteiger partial charge >= 0.3 is 0 Å². The SMILES string of the molecule is C=C(C)c1ccc(C(C)(CC)N=C=O)cc1. The number of nitrogens with zero attached hydrogens (tertiary/aromatic N) is 1. The van der Waals surface area contributed by atoms with Gasteiger partial charge in [-0.25, -0.2) is 4.79 Å². The number of allylic oxidation sites excluding steroid dienone is 1. The van der Waals surface area contributed by atoms with Crippen LogP contribution >= 0.6 is 0 Å². The third-order valence-electron chi connectivity index (χ3n) is 2.98. The summed E-state index contributed by atoms with van der Waals surface area (Å²) in [6.45, 7) is 9.80. The summed E-state index contributed by atoms with van der Waals surface area (Å²) in [7, 11) is 0. The molecule has 0 saturated heterocycles. The summed E-state index contributed by atoms with van der Waals surface area (Å²) in [4.78, 5) is 14.3. The van der Waals surface area contributed by atoms with Crippen molar-refractivity contribution >= 4 is 11.7 Å². The van der Waals surface area contributed by atoms with E-state index in [1.807, 2.05) is 45.0 Å². The molecule has 1 aromatic rings. The van der Waals surface area contributed by atoms with Crippen LogP contribution in [0, 0.1) is 0 Å². The predicted octanol–water partition coefficient (Wildman–Crippen LogP) is 3.68. The maximum Gasteiger partial charge on any atom is 0.235 e. The Kier molecular flexibility index (Phi) is 3.81. The van der Waals surface area contributed by atoms with Crippen molar-refractivity contribution in [2.75, 3.05) is 0 Å². The number of rotatable bonds is 4. The molecule has 1 unspecified atom stereocenters. The topological polar surface area (TPSA) is 29.4 Å². The molecule has 1 atom stereocenters. The number of aliphatic imine (C=N–C) groups is 1.